The van der Waals surface area contributed by atoms with Gasteiger partial charge in [0.2, 0.25) is 5.91 Å². The number of amides is 1. The van der Waals surface area contributed by atoms with Gasteiger partial charge in [-0.3, -0.25) is 9.20 Å². The lowest BCUT2D eigenvalue weighted by atomic mass is 9.97. The van der Waals surface area contributed by atoms with Crippen LogP contribution in [0.1, 0.15) is 24.6 Å². The van der Waals surface area contributed by atoms with E-state index in [0.717, 1.165) is 35.8 Å². The van der Waals surface area contributed by atoms with Crippen LogP contribution in [0.3, 0.4) is 0 Å². The number of rotatable bonds is 4. The molecule has 0 radical (unpaired) electrons. The molecule has 1 saturated heterocycles. The first kappa shape index (κ1) is 18.2. The van der Waals surface area contributed by atoms with Crippen molar-refractivity contribution in [3.8, 4) is 0 Å². The number of aromatic nitrogens is 3. The predicted molar refractivity (Wildman–Crippen MR) is 116 cm³/mol. The second-order valence-corrected chi connectivity index (χ2v) is 8.51. The lowest BCUT2D eigenvalue weighted by molar-refractivity contribution is -0.129. The maximum atomic E-state index is 12.9. The minimum Gasteiger partial charge on any atom is -0.341 e. The van der Waals surface area contributed by atoms with Crippen molar-refractivity contribution in [1.82, 2.24) is 19.5 Å². The van der Waals surface area contributed by atoms with E-state index in [-0.39, 0.29) is 11.8 Å². The van der Waals surface area contributed by atoms with E-state index in [1.165, 1.54) is 10.8 Å². The molecule has 6 heteroatoms. The summed E-state index contributed by atoms with van der Waals surface area (Å²) >= 11 is 1.61. The zero-order valence-corrected chi connectivity index (χ0v) is 16.9. The second kappa shape index (κ2) is 7.87. The highest BCUT2D eigenvalue weighted by Gasteiger charge is 2.27. The minimum atomic E-state index is 0.196. The quantitative estimate of drug-likeness (QED) is 0.475. The van der Waals surface area contributed by atoms with Gasteiger partial charge in [-0.05, 0) is 47.9 Å². The summed E-state index contributed by atoms with van der Waals surface area (Å²) in [5.41, 5.74) is 0.859. The standard InChI is InChI=1S/C23H22N4OS/c28-22(16-29-20-11-10-17-6-1-2-7-18(17)14-20)26-12-5-8-19(15-26)23-25-24-21-9-3-4-13-27(21)23/h1-4,6-7,9-11,13-14,19H,5,8,12,15-16H2/t19-/m0/s1. The highest BCUT2D eigenvalue weighted by Crippen LogP contribution is 2.28. The summed E-state index contributed by atoms with van der Waals surface area (Å²) in [5.74, 6) is 1.85. The summed E-state index contributed by atoms with van der Waals surface area (Å²) in [6.45, 7) is 1.54. The molecule has 5 rings (SSSR count). The van der Waals surface area contributed by atoms with Crippen LogP contribution in [0.2, 0.25) is 0 Å². The zero-order chi connectivity index (χ0) is 19.6. The Labute approximate surface area is 173 Å². The van der Waals surface area contributed by atoms with Gasteiger partial charge in [-0.15, -0.1) is 22.0 Å². The molecule has 3 heterocycles. The number of benzene rings is 2. The van der Waals surface area contributed by atoms with Crippen LogP contribution in [-0.4, -0.2) is 44.2 Å². The number of hydrogen-bond donors (Lipinski definition) is 0. The van der Waals surface area contributed by atoms with Gasteiger partial charge in [-0.25, -0.2) is 0 Å². The van der Waals surface area contributed by atoms with E-state index in [9.17, 15) is 4.79 Å². The largest absolute Gasteiger partial charge is 0.341 e. The molecular weight excluding hydrogens is 380 g/mol. The first-order chi connectivity index (χ1) is 14.3. The molecule has 0 aliphatic carbocycles. The Morgan fingerprint density at radius 3 is 2.83 bits per heavy atom. The fourth-order valence-corrected chi connectivity index (χ4v) is 4.89. The van der Waals surface area contributed by atoms with Gasteiger partial charge in [-0.1, -0.05) is 36.4 Å². The van der Waals surface area contributed by atoms with E-state index in [4.69, 9.17) is 0 Å². The molecule has 1 aliphatic heterocycles. The normalized spacial score (nSPS) is 17.1. The molecule has 1 amide bonds. The Balaban J connectivity index is 1.26. The fourth-order valence-electron chi connectivity index (χ4n) is 4.05. The number of fused-ring (bicyclic) bond motifs is 2. The van der Waals surface area contributed by atoms with Crippen LogP contribution in [-0.2, 0) is 4.79 Å². The predicted octanol–water partition coefficient (Wildman–Crippen LogP) is 4.38. The summed E-state index contributed by atoms with van der Waals surface area (Å²) in [4.78, 5) is 16.0. The van der Waals surface area contributed by atoms with Gasteiger partial charge >= 0.3 is 0 Å². The van der Waals surface area contributed by atoms with E-state index < -0.39 is 0 Å². The fraction of sp³-hybridized carbons (Fsp3) is 0.261. The van der Waals surface area contributed by atoms with Gasteiger partial charge in [0.1, 0.15) is 5.82 Å². The van der Waals surface area contributed by atoms with Crippen molar-refractivity contribution in [3.05, 3.63) is 72.7 Å². The molecule has 2 aromatic carbocycles. The summed E-state index contributed by atoms with van der Waals surface area (Å²) in [6.07, 6.45) is 4.04. The average Bonchev–Trinajstić information content (AvgIpc) is 3.21. The SMILES string of the molecule is O=C(CSc1ccc2ccccc2c1)N1CCC[C@H](c2nnc3ccccn23)C1. The lowest BCUT2D eigenvalue weighted by Crippen LogP contribution is -2.40. The number of carbonyl (C=O) groups is 1. The van der Waals surface area contributed by atoms with Gasteiger partial charge in [0, 0.05) is 30.1 Å². The van der Waals surface area contributed by atoms with Crippen LogP contribution in [0.15, 0.2) is 71.8 Å². The molecule has 29 heavy (non-hydrogen) atoms. The highest BCUT2D eigenvalue weighted by atomic mass is 32.2. The third-order valence-corrected chi connectivity index (χ3v) is 6.54. The Bertz CT molecular complexity index is 1170. The molecule has 1 aliphatic rings. The van der Waals surface area contributed by atoms with Crippen molar-refractivity contribution in [2.45, 2.75) is 23.7 Å². The molecule has 0 unspecified atom stereocenters. The monoisotopic (exact) mass is 402 g/mol. The number of pyridine rings is 1. The van der Waals surface area contributed by atoms with Crippen molar-refractivity contribution >= 4 is 34.1 Å². The summed E-state index contributed by atoms with van der Waals surface area (Å²) in [5, 5.41) is 11.1. The van der Waals surface area contributed by atoms with Crippen LogP contribution in [0.4, 0.5) is 0 Å². The third kappa shape index (κ3) is 3.72. The minimum absolute atomic E-state index is 0.196. The Morgan fingerprint density at radius 1 is 1.03 bits per heavy atom. The first-order valence-corrected chi connectivity index (χ1v) is 11.0. The van der Waals surface area contributed by atoms with Crippen molar-refractivity contribution in [2.75, 3.05) is 18.8 Å². The molecule has 0 spiro atoms. The summed E-state index contributed by atoms with van der Waals surface area (Å²) < 4.78 is 2.04. The topological polar surface area (TPSA) is 50.5 Å². The Kier molecular flexibility index (Phi) is 4.94. The smallest absolute Gasteiger partial charge is 0.232 e. The maximum absolute atomic E-state index is 12.9. The summed E-state index contributed by atoms with van der Waals surface area (Å²) in [6, 6.07) is 20.6. The van der Waals surface area contributed by atoms with Crippen LogP contribution >= 0.6 is 11.8 Å². The molecule has 0 saturated carbocycles. The number of nitrogens with zero attached hydrogens (tertiary/aromatic N) is 4. The van der Waals surface area contributed by atoms with Gasteiger partial charge in [0.15, 0.2) is 5.65 Å². The van der Waals surface area contributed by atoms with E-state index >= 15 is 0 Å². The molecule has 1 fully saturated rings. The van der Waals surface area contributed by atoms with E-state index in [1.807, 2.05) is 45.8 Å². The second-order valence-electron chi connectivity index (χ2n) is 7.46. The van der Waals surface area contributed by atoms with Crippen molar-refractivity contribution in [2.24, 2.45) is 0 Å². The van der Waals surface area contributed by atoms with Crippen LogP contribution in [0, 0.1) is 0 Å². The van der Waals surface area contributed by atoms with Crippen molar-refractivity contribution in [1.29, 1.82) is 0 Å². The molecule has 0 bridgehead atoms. The van der Waals surface area contributed by atoms with Crippen molar-refractivity contribution < 1.29 is 4.79 Å². The van der Waals surface area contributed by atoms with Gasteiger partial charge in [-0.2, -0.15) is 0 Å². The van der Waals surface area contributed by atoms with Gasteiger partial charge in [0.05, 0.1) is 5.75 Å². The molecule has 146 valence electrons. The van der Waals surface area contributed by atoms with E-state index in [1.54, 1.807) is 11.8 Å². The number of piperidine rings is 1. The van der Waals surface area contributed by atoms with Crippen LogP contribution in [0.5, 0.6) is 0 Å². The number of carbonyl (C=O) groups excluding carboxylic acids is 1. The molecule has 5 nitrogen and oxygen atoms in total. The Morgan fingerprint density at radius 2 is 1.90 bits per heavy atom. The highest BCUT2D eigenvalue weighted by molar-refractivity contribution is 8.00. The van der Waals surface area contributed by atoms with Gasteiger partial charge in [0.25, 0.3) is 0 Å². The number of hydrogen-bond acceptors (Lipinski definition) is 4. The third-order valence-electron chi connectivity index (χ3n) is 5.56. The molecule has 4 aromatic rings. The first-order valence-electron chi connectivity index (χ1n) is 9.97. The van der Waals surface area contributed by atoms with Gasteiger partial charge < -0.3 is 4.90 Å². The van der Waals surface area contributed by atoms with Crippen LogP contribution in [0.25, 0.3) is 16.4 Å². The maximum Gasteiger partial charge on any atom is 0.232 e. The zero-order valence-electron chi connectivity index (χ0n) is 16.1. The molecule has 0 N–H and O–H groups in total. The van der Waals surface area contributed by atoms with E-state index in [0.29, 0.717) is 12.3 Å². The van der Waals surface area contributed by atoms with Crippen LogP contribution < -0.4 is 0 Å². The summed E-state index contributed by atoms with van der Waals surface area (Å²) in [7, 11) is 0. The molecule has 2 aromatic heterocycles. The average molecular weight is 403 g/mol. The van der Waals surface area contributed by atoms with E-state index in [2.05, 4.69) is 40.5 Å². The molecule has 1 atom stereocenters. The number of likely N-dealkylation sites (tertiary alicyclic amines) is 1. The van der Waals surface area contributed by atoms with Crippen molar-refractivity contribution in [3.63, 3.8) is 0 Å². The Hall–Kier alpha value is -2.86. The molecular formula is C23H22N4OS. The lowest BCUT2D eigenvalue weighted by Gasteiger charge is -2.32. The number of thioether (sulfide) groups is 1.